The fourth-order valence-corrected chi connectivity index (χ4v) is 1.67. The van der Waals surface area contributed by atoms with Crippen LogP contribution in [0, 0.1) is 12.8 Å². The minimum absolute atomic E-state index is 0.0648. The average molecular weight is 267 g/mol. The highest BCUT2D eigenvalue weighted by molar-refractivity contribution is 5.73. The van der Waals surface area contributed by atoms with Gasteiger partial charge in [-0.3, -0.25) is 4.79 Å². The molecule has 0 aliphatic heterocycles. The third-order valence-corrected chi connectivity index (χ3v) is 2.99. The number of amides is 1. The maximum atomic E-state index is 10.7. The first-order valence-electron chi connectivity index (χ1n) is 6.93. The number of terminal acetylenes is 1. The number of allylic oxidation sites excluding steroid dienone is 1. The lowest BCUT2D eigenvalue weighted by Gasteiger charge is -2.20. The standard InChI is InChI=1S/C9H15NO.C5H12O.C2H2/c1-7-3-5-9(6-4-7)10-8(2)11;1-3-5(6)4-2;1-2/h3,9H,4-6H2,1-2H3,(H,10,11);5-6H,3-4H2,1-2H3;1-2H/t9-;;/m0../s1. The average Bonchev–Trinajstić information content (AvgIpc) is 2.43. The first-order valence-corrected chi connectivity index (χ1v) is 6.93. The van der Waals surface area contributed by atoms with Crippen LogP contribution in [0.15, 0.2) is 11.6 Å². The van der Waals surface area contributed by atoms with Crippen LogP contribution in [0.3, 0.4) is 0 Å². The molecule has 3 heteroatoms. The molecule has 1 atom stereocenters. The van der Waals surface area contributed by atoms with Gasteiger partial charge in [0.05, 0.1) is 6.10 Å². The number of carbonyl (C=O) groups excluding carboxylic acids is 1. The Morgan fingerprint density at radius 1 is 1.47 bits per heavy atom. The van der Waals surface area contributed by atoms with Crippen molar-refractivity contribution in [3.05, 3.63) is 11.6 Å². The number of aliphatic hydroxyl groups excluding tert-OH is 1. The molecular weight excluding hydrogens is 238 g/mol. The Morgan fingerprint density at radius 2 is 2.00 bits per heavy atom. The molecule has 2 N–H and O–H groups in total. The van der Waals surface area contributed by atoms with Crippen LogP contribution < -0.4 is 5.32 Å². The summed E-state index contributed by atoms with van der Waals surface area (Å²) >= 11 is 0. The van der Waals surface area contributed by atoms with Gasteiger partial charge in [0.25, 0.3) is 0 Å². The Hall–Kier alpha value is -1.27. The molecule has 1 rings (SSSR count). The normalized spacial score (nSPS) is 17.3. The van der Waals surface area contributed by atoms with Crippen molar-refractivity contribution in [3.8, 4) is 12.8 Å². The minimum Gasteiger partial charge on any atom is -0.393 e. The lowest BCUT2D eigenvalue weighted by Crippen LogP contribution is -2.33. The van der Waals surface area contributed by atoms with Crippen molar-refractivity contribution in [1.82, 2.24) is 5.32 Å². The van der Waals surface area contributed by atoms with Crippen LogP contribution in [-0.2, 0) is 4.79 Å². The second kappa shape index (κ2) is 13.2. The van der Waals surface area contributed by atoms with E-state index in [1.165, 1.54) is 5.57 Å². The molecule has 0 aromatic heterocycles. The van der Waals surface area contributed by atoms with Crippen LogP contribution in [0.2, 0.25) is 0 Å². The van der Waals surface area contributed by atoms with Crippen molar-refractivity contribution in [2.24, 2.45) is 0 Å². The van der Waals surface area contributed by atoms with E-state index in [4.69, 9.17) is 5.11 Å². The van der Waals surface area contributed by atoms with Gasteiger partial charge in [-0.25, -0.2) is 0 Å². The summed E-state index contributed by atoms with van der Waals surface area (Å²) in [4.78, 5) is 10.7. The molecule has 3 nitrogen and oxygen atoms in total. The zero-order chi connectivity index (χ0) is 15.3. The summed E-state index contributed by atoms with van der Waals surface area (Å²) in [6.07, 6.45) is 15.2. The van der Waals surface area contributed by atoms with Crippen molar-refractivity contribution in [2.75, 3.05) is 0 Å². The molecule has 19 heavy (non-hydrogen) atoms. The molecule has 110 valence electrons. The summed E-state index contributed by atoms with van der Waals surface area (Å²) in [7, 11) is 0. The minimum atomic E-state index is -0.0648. The summed E-state index contributed by atoms with van der Waals surface area (Å²) in [5, 5.41) is 11.6. The predicted molar refractivity (Wildman–Crippen MR) is 81.7 cm³/mol. The molecule has 0 aromatic carbocycles. The molecule has 0 saturated carbocycles. The monoisotopic (exact) mass is 267 g/mol. The van der Waals surface area contributed by atoms with E-state index < -0.39 is 0 Å². The van der Waals surface area contributed by atoms with Gasteiger partial charge in [-0.1, -0.05) is 25.5 Å². The molecular formula is C16H29NO2. The number of hydrogen-bond donors (Lipinski definition) is 2. The van der Waals surface area contributed by atoms with E-state index in [0.29, 0.717) is 6.04 Å². The summed E-state index contributed by atoms with van der Waals surface area (Å²) in [6, 6.07) is 0.385. The molecule has 0 fully saturated rings. The molecule has 0 spiro atoms. The van der Waals surface area contributed by atoms with Crippen molar-refractivity contribution < 1.29 is 9.90 Å². The first kappa shape index (κ1) is 20.1. The van der Waals surface area contributed by atoms with Gasteiger partial charge in [0.1, 0.15) is 0 Å². The maximum absolute atomic E-state index is 10.7. The first-order chi connectivity index (χ1) is 8.99. The van der Waals surface area contributed by atoms with E-state index in [1.807, 2.05) is 13.8 Å². The van der Waals surface area contributed by atoms with Crippen molar-refractivity contribution >= 4 is 5.91 Å². The van der Waals surface area contributed by atoms with Crippen molar-refractivity contribution in [3.63, 3.8) is 0 Å². The van der Waals surface area contributed by atoms with Crippen LogP contribution in [-0.4, -0.2) is 23.2 Å². The Kier molecular flexibility index (Phi) is 13.9. The van der Waals surface area contributed by atoms with E-state index in [2.05, 4.69) is 31.2 Å². The van der Waals surface area contributed by atoms with Crippen molar-refractivity contribution in [1.29, 1.82) is 0 Å². The zero-order valence-corrected chi connectivity index (χ0v) is 12.8. The SMILES string of the molecule is C#C.CC(=O)N[C@H]1CC=C(C)CC1.CCC(O)CC. The van der Waals surface area contributed by atoms with Crippen LogP contribution in [0.4, 0.5) is 0 Å². The lowest BCUT2D eigenvalue weighted by atomic mass is 9.96. The molecule has 0 aromatic rings. The van der Waals surface area contributed by atoms with Gasteiger partial charge < -0.3 is 10.4 Å². The Balaban J connectivity index is 0. The predicted octanol–water partition coefficient (Wildman–Crippen LogP) is 3.04. The number of rotatable bonds is 3. The van der Waals surface area contributed by atoms with Gasteiger partial charge in [-0.15, -0.1) is 12.8 Å². The number of aliphatic hydroxyl groups is 1. The van der Waals surface area contributed by atoms with Crippen LogP contribution in [0.25, 0.3) is 0 Å². The van der Waals surface area contributed by atoms with Gasteiger partial charge >= 0.3 is 0 Å². The number of carbonyl (C=O) groups is 1. The highest BCUT2D eigenvalue weighted by Crippen LogP contribution is 2.16. The second-order valence-electron chi connectivity index (χ2n) is 4.69. The third-order valence-electron chi connectivity index (χ3n) is 2.99. The van der Waals surface area contributed by atoms with E-state index in [1.54, 1.807) is 6.92 Å². The second-order valence-corrected chi connectivity index (χ2v) is 4.69. The fraction of sp³-hybridized carbons (Fsp3) is 0.688. The van der Waals surface area contributed by atoms with E-state index in [-0.39, 0.29) is 12.0 Å². The third kappa shape index (κ3) is 13.0. The quantitative estimate of drug-likeness (QED) is 0.610. The largest absolute Gasteiger partial charge is 0.393 e. The summed E-state index contributed by atoms with van der Waals surface area (Å²) in [6.45, 7) is 7.68. The molecule has 0 unspecified atom stereocenters. The molecule has 0 bridgehead atoms. The van der Waals surface area contributed by atoms with E-state index in [0.717, 1.165) is 32.1 Å². The number of hydrogen-bond acceptors (Lipinski definition) is 2. The summed E-state index contributed by atoms with van der Waals surface area (Å²) < 4.78 is 0. The lowest BCUT2D eigenvalue weighted by molar-refractivity contribution is -0.119. The molecule has 0 radical (unpaired) electrons. The zero-order valence-electron chi connectivity index (χ0n) is 12.8. The van der Waals surface area contributed by atoms with Gasteiger partial charge in [-0.2, -0.15) is 0 Å². The summed E-state index contributed by atoms with van der Waals surface area (Å²) in [5.74, 6) is 0.0861. The molecule has 0 heterocycles. The van der Waals surface area contributed by atoms with Gasteiger partial charge in [0.15, 0.2) is 0 Å². The fourth-order valence-electron chi connectivity index (χ4n) is 1.67. The van der Waals surface area contributed by atoms with E-state index >= 15 is 0 Å². The molecule has 1 aliphatic rings. The highest BCUT2D eigenvalue weighted by Gasteiger charge is 2.12. The smallest absolute Gasteiger partial charge is 0.217 e. The van der Waals surface area contributed by atoms with Gasteiger partial charge in [0.2, 0.25) is 5.91 Å². The van der Waals surface area contributed by atoms with Crippen LogP contribution >= 0.6 is 0 Å². The van der Waals surface area contributed by atoms with Gasteiger partial charge in [-0.05, 0) is 39.0 Å². The maximum Gasteiger partial charge on any atom is 0.217 e. The summed E-state index contributed by atoms with van der Waals surface area (Å²) in [5.41, 5.74) is 1.45. The topological polar surface area (TPSA) is 49.3 Å². The molecule has 1 aliphatic carbocycles. The Morgan fingerprint density at radius 3 is 2.26 bits per heavy atom. The van der Waals surface area contributed by atoms with Crippen LogP contribution in [0.5, 0.6) is 0 Å². The molecule has 1 amide bonds. The van der Waals surface area contributed by atoms with Gasteiger partial charge in [0, 0.05) is 13.0 Å². The van der Waals surface area contributed by atoms with Crippen LogP contribution in [0.1, 0.15) is 59.8 Å². The Bertz CT molecular complexity index is 278. The van der Waals surface area contributed by atoms with Crippen molar-refractivity contribution in [2.45, 2.75) is 71.9 Å². The highest BCUT2D eigenvalue weighted by atomic mass is 16.3. The number of nitrogens with one attached hydrogen (secondary N) is 1. The molecule has 0 saturated heterocycles. The Labute approximate surface area is 118 Å². The van der Waals surface area contributed by atoms with E-state index in [9.17, 15) is 4.79 Å².